The Bertz CT molecular complexity index is 1050. The van der Waals surface area contributed by atoms with Gasteiger partial charge >= 0.3 is 0 Å². The highest BCUT2D eigenvalue weighted by Crippen LogP contribution is 2.31. The van der Waals surface area contributed by atoms with Crippen molar-refractivity contribution in [3.05, 3.63) is 106 Å². The zero-order chi connectivity index (χ0) is 21.6. The van der Waals surface area contributed by atoms with Crippen LogP contribution in [0.5, 0.6) is 0 Å². The molecule has 0 aliphatic carbocycles. The predicted octanol–water partition coefficient (Wildman–Crippen LogP) is 4.19. The van der Waals surface area contributed by atoms with Crippen LogP contribution in [-0.4, -0.2) is 48.3 Å². The molecule has 0 unspecified atom stereocenters. The van der Waals surface area contributed by atoms with E-state index in [9.17, 15) is 14.9 Å². The minimum absolute atomic E-state index is 0.0143. The number of anilines is 1. The first-order valence-corrected chi connectivity index (χ1v) is 10.5. The van der Waals surface area contributed by atoms with Crippen molar-refractivity contribution >= 4 is 17.2 Å². The van der Waals surface area contributed by atoms with E-state index in [-0.39, 0.29) is 16.4 Å². The third-order valence-electron chi connectivity index (χ3n) is 5.74. The van der Waals surface area contributed by atoms with E-state index in [2.05, 4.69) is 29.2 Å². The SMILES string of the molecule is O=C(c1ccccc1)c1ccc(N2CCN(CCc3ccccc3)CC2)c([N+](=O)[O-])c1. The maximum Gasteiger partial charge on any atom is 0.293 e. The quantitative estimate of drug-likeness (QED) is 0.329. The lowest BCUT2D eigenvalue weighted by Gasteiger charge is -2.35. The van der Waals surface area contributed by atoms with Crippen LogP contribution >= 0.6 is 0 Å². The average Bonchev–Trinajstić information content (AvgIpc) is 2.83. The summed E-state index contributed by atoms with van der Waals surface area (Å²) >= 11 is 0. The van der Waals surface area contributed by atoms with Gasteiger partial charge in [-0.1, -0.05) is 60.7 Å². The Hall–Kier alpha value is -3.51. The minimum atomic E-state index is -0.390. The third kappa shape index (κ3) is 4.98. The molecule has 0 amide bonds. The van der Waals surface area contributed by atoms with Crippen LogP contribution in [0.1, 0.15) is 21.5 Å². The number of hydrogen-bond acceptors (Lipinski definition) is 5. The monoisotopic (exact) mass is 415 g/mol. The lowest BCUT2D eigenvalue weighted by molar-refractivity contribution is -0.384. The van der Waals surface area contributed by atoms with Crippen molar-refractivity contribution in [2.24, 2.45) is 0 Å². The standard InChI is InChI=1S/C25H25N3O3/c29-25(21-9-5-2-6-10-21)22-11-12-23(24(19-22)28(30)31)27-17-15-26(16-18-27)14-13-20-7-3-1-4-8-20/h1-12,19H,13-18H2. The summed E-state index contributed by atoms with van der Waals surface area (Å²) in [6.45, 7) is 4.14. The topological polar surface area (TPSA) is 66.7 Å². The number of nitro groups is 1. The Balaban J connectivity index is 1.43. The molecule has 6 nitrogen and oxygen atoms in total. The van der Waals surface area contributed by atoms with E-state index < -0.39 is 0 Å². The maximum absolute atomic E-state index is 12.7. The van der Waals surface area contributed by atoms with E-state index in [1.165, 1.54) is 11.6 Å². The van der Waals surface area contributed by atoms with Gasteiger partial charge in [-0.25, -0.2) is 0 Å². The molecular formula is C25H25N3O3. The van der Waals surface area contributed by atoms with E-state index in [1.807, 2.05) is 17.0 Å². The number of carbonyl (C=O) groups is 1. The van der Waals surface area contributed by atoms with Crippen LogP contribution in [0.4, 0.5) is 11.4 Å². The Morgan fingerprint density at radius 2 is 1.48 bits per heavy atom. The fourth-order valence-corrected chi connectivity index (χ4v) is 3.98. The van der Waals surface area contributed by atoms with Gasteiger partial charge in [0.1, 0.15) is 5.69 Å². The molecule has 1 aliphatic heterocycles. The van der Waals surface area contributed by atoms with E-state index >= 15 is 0 Å². The van der Waals surface area contributed by atoms with E-state index in [4.69, 9.17) is 0 Å². The van der Waals surface area contributed by atoms with Gasteiger partial charge in [-0.3, -0.25) is 19.8 Å². The molecule has 0 N–H and O–H groups in total. The predicted molar refractivity (Wildman–Crippen MR) is 122 cm³/mol. The molecule has 1 fully saturated rings. The van der Waals surface area contributed by atoms with Gasteiger partial charge in [0.05, 0.1) is 4.92 Å². The molecule has 158 valence electrons. The smallest absolute Gasteiger partial charge is 0.293 e. The highest BCUT2D eigenvalue weighted by molar-refractivity contribution is 6.09. The second kappa shape index (κ2) is 9.53. The van der Waals surface area contributed by atoms with Gasteiger partial charge in [-0.15, -0.1) is 0 Å². The fourth-order valence-electron chi connectivity index (χ4n) is 3.98. The summed E-state index contributed by atoms with van der Waals surface area (Å²) in [7, 11) is 0. The zero-order valence-electron chi connectivity index (χ0n) is 17.3. The first kappa shape index (κ1) is 20.8. The average molecular weight is 415 g/mol. The van der Waals surface area contributed by atoms with Crippen LogP contribution in [-0.2, 0) is 6.42 Å². The molecule has 6 heteroatoms. The Morgan fingerprint density at radius 3 is 2.13 bits per heavy atom. The summed E-state index contributed by atoms with van der Waals surface area (Å²) in [5, 5.41) is 11.8. The van der Waals surface area contributed by atoms with Gasteiger partial charge in [0.25, 0.3) is 5.69 Å². The number of hydrogen-bond donors (Lipinski definition) is 0. The maximum atomic E-state index is 12.7. The van der Waals surface area contributed by atoms with Gasteiger partial charge in [-0.05, 0) is 24.1 Å². The largest absolute Gasteiger partial charge is 0.363 e. The summed E-state index contributed by atoms with van der Waals surface area (Å²) in [4.78, 5) is 28.5. The number of rotatable bonds is 7. The Labute approximate surface area is 181 Å². The first-order chi connectivity index (χ1) is 15.1. The van der Waals surface area contributed by atoms with E-state index in [0.29, 0.717) is 16.8 Å². The molecule has 0 spiro atoms. The van der Waals surface area contributed by atoms with Crippen molar-refractivity contribution in [3.8, 4) is 0 Å². The molecule has 0 radical (unpaired) electrons. The number of benzene rings is 3. The van der Waals surface area contributed by atoms with Crippen molar-refractivity contribution in [3.63, 3.8) is 0 Å². The molecule has 0 saturated carbocycles. The van der Waals surface area contributed by atoms with Crippen LogP contribution < -0.4 is 4.90 Å². The fraction of sp³-hybridized carbons (Fsp3) is 0.240. The molecule has 1 heterocycles. The summed E-state index contributed by atoms with van der Waals surface area (Å²) in [6, 6.07) is 24.1. The number of piperazine rings is 1. The summed E-state index contributed by atoms with van der Waals surface area (Å²) in [6.07, 6.45) is 0.997. The number of nitrogens with zero attached hydrogens (tertiary/aromatic N) is 3. The normalized spacial score (nSPS) is 14.4. The van der Waals surface area contributed by atoms with Gasteiger partial charge in [0, 0.05) is 49.9 Å². The highest BCUT2D eigenvalue weighted by Gasteiger charge is 2.25. The highest BCUT2D eigenvalue weighted by atomic mass is 16.6. The van der Waals surface area contributed by atoms with Gasteiger partial charge in [0.2, 0.25) is 0 Å². The van der Waals surface area contributed by atoms with Crippen LogP contribution in [0.3, 0.4) is 0 Å². The lowest BCUT2D eigenvalue weighted by atomic mass is 10.0. The lowest BCUT2D eigenvalue weighted by Crippen LogP contribution is -2.47. The molecule has 31 heavy (non-hydrogen) atoms. The van der Waals surface area contributed by atoms with Crippen molar-refractivity contribution in [2.75, 3.05) is 37.6 Å². The van der Waals surface area contributed by atoms with E-state index in [0.717, 1.165) is 39.1 Å². The van der Waals surface area contributed by atoms with Gasteiger partial charge < -0.3 is 4.90 Å². The molecular weight excluding hydrogens is 390 g/mol. The molecule has 3 aromatic carbocycles. The van der Waals surface area contributed by atoms with Crippen LogP contribution in [0.2, 0.25) is 0 Å². The van der Waals surface area contributed by atoms with Crippen molar-refractivity contribution in [1.29, 1.82) is 0 Å². The molecule has 0 aromatic heterocycles. The second-order valence-electron chi connectivity index (χ2n) is 7.72. The third-order valence-corrected chi connectivity index (χ3v) is 5.74. The number of ketones is 1. The zero-order valence-corrected chi connectivity index (χ0v) is 17.3. The first-order valence-electron chi connectivity index (χ1n) is 10.5. The molecule has 0 atom stereocenters. The second-order valence-corrected chi connectivity index (χ2v) is 7.72. The van der Waals surface area contributed by atoms with Crippen LogP contribution in [0.15, 0.2) is 78.9 Å². The van der Waals surface area contributed by atoms with Crippen LogP contribution in [0, 0.1) is 10.1 Å². The number of carbonyl (C=O) groups excluding carboxylic acids is 1. The molecule has 4 rings (SSSR count). The molecule has 1 saturated heterocycles. The van der Waals surface area contributed by atoms with Gasteiger partial charge in [0.15, 0.2) is 5.78 Å². The summed E-state index contributed by atoms with van der Waals surface area (Å²) < 4.78 is 0. The number of nitro benzene ring substituents is 1. The van der Waals surface area contributed by atoms with Crippen molar-refractivity contribution in [2.45, 2.75) is 6.42 Å². The Kier molecular flexibility index (Phi) is 6.38. The molecule has 0 bridgehead atoms. The summed E-state index contributed by atoms with van der Waals surface area (Å²) in [5.74, 6) is -0.207. The van der Waals surface area contributed by atoms with Crippen LogP contribution in [0.25, 0.3) is 0 Å². The summed E-state index contributed by atoms with van der Waals surface area (Å²) in [5.41, 5.74) is 2.75. The van der Waals surface area contributed by atoms with E-state index in [1.54, 1.807) is 36.4 Å². The molecule has 1 aliphatic rings. The van der Waals surface area contributed by atoms with Crippen molar-refractivity contribution < 1.29 is 9.72 Å². The minimum Gasteiger partial charge on any atom is -0.363 e. The van der Waals surface area contributed by atoms with Gasteiger partial charge in [-0.2, -0.15) is 0 Å². The van der Waals surface area contributed by atoms with Crippen molar-refractivity contribution in [1.82, 2.24) is 4.90 Å². The Morgan fingerprint density at radius 1 is 0.839 bits per heavy atom. The molecule has 3 aromatic rings.